The van der Waals surface area contributed by atoms with Gasteiger partial charge in [-0.3, -0.25) is 4.79 Å². The molecule has 0 aromatic carbocycles. The molecule has 1 unspecified atom stereocenters. The van der Waals surface area contributed by atoms with Crippen molar-refractivity contribution in [3.8, 4) is 0 Å². The molecule has 0 aromatic rings. The summed E-state index contributed by atoms with van der Waals surface area (Å²) in [6, 6.07) is 0.391. The van der Waals surface area contributed by atoms with Crippen LogP contribution in [0.3, 0.4) is 0 Å². The number of carbonyl (C=O) groups is 1. The largest absolute Gasteiger partial charge is 0.481 e. The van der Waals surface area contributed by atoms with E-state index in [9.17, 15) is 4.79 Å². The molecule has 0 rings (SSSR count). The average molecular weight is 233 g/mol. The summed E-state index contributed by atoms with van der Waals surface area (Å²) in [5.41, 5.74) is -0.674. The Hall–Kier alpha value is -0.220. The molecule has 0 heterocycles. The molecule has 0 aliphatic rings. The summed E-state index contributed by atoms with van der Waals surface area (Å²) >= 11 is 1.92. The van der Waals surface area contributed by atoms with Crippen molar-refractivity contribution in [3.05, 3.63) is 0 Å². The molecule has 90 valence electrons. The molecular weight excluding hydrogens is 210 g/mol. The summed E-state index contributed by atoms with van der Waals surface area (Å²) in [5, 5.41) is 12.2. The van der Waals surface area contributed by atoms with Crippen molar-refractivity contribution >= 4 is 17.7 Å². The smallest absolute Gasteiger partial charge is 0.310 e. The minimum Gasteiger partial charge on any atom is -0.481 e. The maximum Gasteiger partial charge on any atom is 0.310 e. The molecule has 0 aromatic heterocycles. The van der Waals surface area contributed by atoms with Crippen LogP contribution in [0.5, 0.6) is 0 Å². The van der Waals surface area contributed by atoms with Crippen molar-refractivity contribution < 1.29 is 9.90 Å². The third-order valence-corrected chi connectivity index (χ3v) is 3.30. The minimum absolute atomic E-state index is 0.391. The van der Waals surface area contributed by atoms with Crippen molar-refractivity contribution in [2.24, 2.45) is 5.41 Å². The van der Waals surface area contributed by atoms with Gasteiger partial charge < -0.3 is 10.4 Å². The number of aliphatic carboxylic acids is 1. The highest BCUT2D eigenvalue weighted by Gasteiger charge is 2.26. The fourth-order valence-electron chi connectivity index (χ4n) is 1.01. The Bertz CT molecular complexity index is 195. The summed E-state index contributed by atoms with van der Waals surface area (Å²) in [5.74, 6) is 1.54. The third kappa shape index (κ3) is 6.79. The van der Waals surface area contributed by atoms with E-state index in [4.69, 9.17) is 5.11 Å². The van der Waals surface area contributed by atoms with Crippen LogP contribution in [-0.2, 0) is 4.79 Å². The molecule has 15 heavy (non-hydrogen) atoms. The van der Waals surface area contributed by atoms with Gasteiger partial charge in [-0.1, -0.05) is 6.92 Å². The van der Waals surface area contributed by atoms with Crippen LogP contribution in [0, 0.1) is 5.41 Å². The van der Waals surface area contributed by atoms with Crippen LogP contribution in [0.2, 0.25) is 0 Å². The average Bonchev–Trinajstić information content (AvgIpc) is 2.15. The van der Waals surface area contributed by atoms with Gasteiger partial charge in [0.25, 0.3) is 0 Å². The molecule has 2 N–H and O–H groups in total. The Kier molecular flexibility index (Phi) is 7.02. The van der Waals surface area contributed by atoms with Crippen molar-refractivity contribution in [1.82, 2.24) is 5.32 Å². The second-order valence-electron chi connectivity index (χ2n) is 4.46. The summed E-state index contributed by atoms with van der Waals surface area (Å²) in [4.78, 5) is 10.8. The molecular formula is C11H23NO2S. The van der Waals surface area contributed by atoms with E-state index < -0.39 is 11.4 Å². The summed E-state index contributed by atoms with van der Waals surface area (Å²) in [6.45, 7) is 8.27. The molecule has 4 heteroatoms. The molecule has 0 spiro atoms. The zero-order valence-electron chi connectivity index (χ0n) is 10.2. The number of hydrogen-bond donors (Lipinski definition) is 2. The Morgan fingerprint density at radius 2 is 2.13 bits per heavy atom. The van der Waals surface area contributed by atoms with Gasteiger partial charge in [0.2, 0.25) is 0 Å². The van der Waals surface area contributed by atoms with E-state index in [1.54, 1.807) is 13.8 Å². The molecule has 3 nitrogen and oxygen atoms in total. The SMILES string of the molecule is CCSCCC(C)NCC(C)(C)C(=O)O. The van der Waals surface area contributed by atoms with E-state index in [1.807, 2.05) is 11.8 Å². The first kappa shape index (κ1) is 14.8. The molecule has 1 atom stereocenters. The number of carboxylic acid groups (broad SMARTS) is 1. The van der Waals surface area contributed by atoms with E-state index in [1.165, 1.54) is 0 Å². The van der Waals surface area contributed by atoms with Crippen LogP contribution in [0.25, 0.3) is 0 Å². The Labute approximate surface area is 97.0 Å². The molecule has 0 aliphatic carbocycles. The second kappa shape index (κ2) is 7.12. The zero-order valence-corrected chi connectivity index (χ0v) is 11.0. The molecule has 0 bridgehead atoms. The monoisotopic (exact) mass is 233 g/mol. The van der Waals surface area contributed by atoms with Crippen LogP contribution >= 0.6 is 11.8 Å². The van der Waals surface area contributed by atoms with Crippen LogP contribution in [0.1, 0.15) is 34.1 Å². The lowest BCUT2D eigenvalue weighted by Crippen LogP contribution is -2.40. The van der Waals surface area contributed by atoms with Gasteiger partial charge in [-0.05, 0) is 38.7 Å². The predicted octanol–water partition coefficient (Wildman–Crippen LogP) is 2.22. The molecule has 0 amide bonds. The normalized spacial score (nSPS) is 13.9. The lowest BCUT2D eigenvalue weighted by Gasteiger charge is -2.22. The fraction of sp³-hybridized carbons (Fsp3) is 0.909. The Balaban J connectivity index is 3.70. The Morgan fingerprint density at radius 1 is 1.53 bits per heavy atom. The van der Waals surface area contributed by atoms with Gasteiger partial charge in [0.15, 0.2) is 0 Å². The molecule has 0 saturated heterocycles. The molecule has 0 radical (unpaired) electrons. The van der Waals surface area contributed by atoms with Gasteiger partial charge in [0.05, 0.1) is 5.41 Å². The third-order valence-electron chi connectivity index (χ3n) is 2.37. The number of nitrogens with one attached hydrogen (secondary N) is 1. The second-order valence-corrected chi connectivity index (χ2v) is 5.85. The topological polar surface area (TPSA) is 49.3 Å². The lowest BCUT2D eigenvalue weighted by molar-refractivity contribution is -0.146. The minimum atomic E-state index is -0.745. The summed E-state index contributed by atoms with van der Waals surface area (Å²) in [7, 11) is 0. The van der Waals surface area contributed by atoms with Crippen molar-refractivity contribution in [3.63, 3.8) is 0 Å². The van der Waals surface area contributed by atoms with Crippen molar-refractivity contribution in [2.45, 2.75) is 40.2 Å². The fourth-order valence-corrected chi connectivity index (χ4v) is 1.82. The number of thioether (sulfide) groups is 1. The van der Waals surface area contributed by atoms with E-state index in [0.717, 1.165) is 17.9 Å². The van der Waals surface area contributed by atoms with Gasteiger partial charge in [-0.25, -0.2) is 0 Å². The summed E-state index contributed by atoms with van der Waals surface area (Å²) < 4.78 is 0. The number of carboxylic acids is 1. The van der Waals surface area contributed by atoms with Gasteiger partial charge in [0.1, 0.15) is 0 Å². The van der Waals surface area contributed by atoms with Gasteiger partial charge in [0, 0.05) is 12.6 Å². The Morgan fingerprint density at radius 3 is 2.60 bits per heavy atom. The van der Waals surface area contributed by atoms with E-state index in [0.29, 0.717) is 12.6 Å². The standard InChI is InChI=1S/C11H23NO2S/c1-5-15-7-6-9(2)12-8-11(3,4)10(13)14/h9,12H,5-8H2,1-4H3,(H,13,14). The highest BCUT2D eigenvalue weighted by atomic mass is 32.2. The molecule has 0 aliphatic heterocycles. The van der Waals surface area contributed by atoms with Gasteiger partial charge >= 0.3 is 5.97 Å². The van der Waals surface area contributed by atoms with Crippen molar-refractivity contribution in [1.29, 1.82) is 0 Å². The molecule has 0 saturated carbocycles. The first-order valence-corrected chi connectivity index (χ1v) is 6.60. The zero-order chi connectivity index (χ0) is 11.9. The highest BCUT2D eigenvalue weighted by Crippen LogP contribution is 2.14. The highest BCUT2D eigenvalue weighted by molar-refractivity contribution is 7.99. The van der Waals surface area contributed by atoms with Gasteiger partial charge in [-0.2, -0.15) is 11.8 Å². The van der Waals surface area contributed by atoms with Crippen molar-refractivity contribution in [2.75, 3.05) is 18.1 Å². The summed E-state index contributed by atoms with van der Waals surface area (Å²) in [6.07, 6.45) is 1.09. The first-order chi connectivity index (χ1) is 6.90. The van der Waals surface area contributed by atoms with Gasteiger partial charge in [-0.15, -0.1) is 0 Å². The van der Waals surface area contributed by atoms with E-state index in [-0.39, 0.29) is 0 Å². The van der Waals surface area contributed by atoms with Crippen LogP contribution in [-0.4, -0.2) is 35.2 Å². The number of rotatable bonds is 8. The maximum absolute atomic E-state index is 10.8. The van der Waals surface area contributed by atoms with Crippen LogP contribution < -0.4 is 5.32 Å². The first-order valence-electron chi connectivity index (χ1n) is 5.44. The maximum atomic E-state index is 10.8. The van der Waals surface area contributed by atoms with E-state index >= 15 is 0 Å². The van der Waals surface area contributed by atoms with Crippen LogP contribution in [0.15, 0.2) is 0 Å². The number of hydrogen-bond acceptors (Lipinski definition) is 3. The molecule has 0 fully saturated rings. The van der Waals surface area contributed by atoms with Crippen LogP contribution in [0.4, 0.5) is 0 Å². The lowest BCUT2D eigenvalue weighted by atomic mass is 9.93. The quantitative estimate of drug-likeness (QED) is 0.631. The predicted molar refractivity (Wildman–Crippen MR) is 66.5 cm³/mol. The van der Waals surface area contributed by atoms with E-state index in [2.05, 4.69) is 19.2 Å².